The Hall–Kier alpha value is -1.80. The summed E-state index contributed by atoms with van der Waals surface area (Å²) in [4.78, 5) is 11.8. The van der Waals surface area contributed by atoms with Crippen LogP contribution in [0.25, 0.3) is 0 Å². The van der Waals surface area contributed by atoms with Crippen molar-refractivity contribution in [2.24, 2.45) is 0 Å². The van der Waals surface area contributed by atoms with Crippen LogP contribution in [0.3, 0.4) is 0 Å². The van der Waals surface area contributed by atoms with E-state index < -0.39 is 0 Å². The second kappa shape index (κ2) is 7.11. The van der Waals surface area contributed by atoms with Crippen LogP contribution in [0.2, 0.25) is 5.02 Å². The fourth-order valence-corrected chi connectivity index (χ4v) is 2.11. The third-order valence-electron chi connectivity index (χ3n) is 2.98. The van der Waals surface area contributed by atoms with Gasteiger partial charge in [0.2, 0.25) is 0 Å². The zero-order valence-electron chi connectivity index (χ0n) is 11.4. The van der Waals surface area contributed by atoms with E-state index in [0.717, 1.165) is 17.5 Å². The molecule has 0 spiro atoms. The van der Waals surface area contributed by atoms with Gasteiger partial charge in [0.15, 0.2) is 6.10 Å². The van der Waals surface area contributed by atoms with Crippen LogP contribution in [0.5, 0.6) is 0 Å². The summed E-state index contributed by atoms with van der Waals surface area (Å²) in [5, 5.41) is 0.667. The van der Waals surface area contributed by atoms with Crippen molar-refractivity contribution in [3.63, 3.8) is 0 Å². The zero-order valence-corrected chi connectivity index (χ0v) is 12.1. The number of rotatable bonds is 5. The molecule has 0 saturated heterocycles. The minimum atomic E-state index is -0.382. The Bertz CT molecular complexity index is 549. The third-order valence-corrected chi connectivity index (χ3v) is 3.23. The molecule has 0 fully saturated rings. The normalized spacial score (nSPS) is 11.9. The highest BCUT2D eigenvalue weighted by Gasteiger charge is 2.18. The molecular weight excluding hydrogens is 272 g/mol. The van der Waals surface area contributed by atoms with Crippen molar-refractivity contribution >= 4 is 17.6 Å². The Labute approximate surface area is 124 Å². The first-order valence-corrected chi connectivity index (χ1v) is 7.08. The number of esters is 1. The van der Waals surface area contributed by atoms with Gasteiger partial charge in [-0.15, -0.1) is 0 Å². The number of carbonyl (C=O) groups is 1. The summed E-state index contributed by atoms with van der Waals surface area (Å²) in [6.07, 6.45) is 0.824. The van der Waals surface area contributed by atoms with Gasteiger partial charge in [0.25, 0.3) is 0 Å². The van der Waals surface area contributed by atoms with E-state index in [2.05, 4.69) is 0 Å². The van der Waals surface area contributed by atoms with Crippen molar-refractivity contribution < 1.29 is 9.53 Å². The quantitative estimate of drug-likeness (QED) is 0.741. The summed E-state index contributed by atoms with van der Waals surface area (Å²) < 4.78 is 5.62. The highest BCUT2D eigenvalue weighted by molar-refractivity contribution is 6.30. The van der Waals surface area contributed by atoms with Crippen molar-refractivity contribution in [1.29, 1.82) is 0 Å². The summed E-state index contributed by atoms with van der Waals surface area (Å²) in [7, 11) is 0. The van der Waals surface area contributed by atoms with Gasteiger partial charge in [-0.05, 0) is 29.7 Å². The second-order valence-corrected chi connectivity index (χ2v) is 5.02. The van der Waals surface area contributed by atoms with Crippen LogP contribution in [0.4, 0.5) is 0 Å². The molecule has 2 aromatic rings. The molecule has 2 aromatic carbocycles. The van der Waals surface area contributed by atoms with Crippen molar-refractivity contribution in [1.82, 2.24) is 0 Å². The lowest BCUT2D eigenvalue weighted by Crippen LogP contribution is -2.12. The SMILES string of the molecule is CCCC(=O)O[C@H](c1ccccc1)c1ccc(Cl)cc1. The van der Waals surface area contributed by atoms with Gasteiger partial charge in [-0.25, -0.2) is 0 Å². The van der Waals surface area contributed by atoms with Crippen molar-refractivity contribution in [3.8, 4) is 0 Å². The zero-order chi connectivity index (χ0) is 14.4. The molecule has 0 amide bonds. The molecule has 0 unspecified atom stereocenters. The summed E-state index contributed by atoms with van der Waals surface area (Å²) >= 11 is 5.91. The largest absolute Gasteiger partial charge is 0.453 e. The molecule has 1 atom stereocenters. The van der Waals surface area contributed by atoms with E-state index in [4.69, 9.17) is 16.3 Å². The van der Waals surface area contributed by atoms with Gasteiger partial charge in [0.05, 0.1) is 0 Å². The average Bonchev–Trinajstić information content (AvgIpc) is 2.47. The van der Waals surface area contributed by atoms with Crippen LogP contribution in [-0.4, -0.2) is 5.97 Å². The molecule has 0 aliphatic carbocycles. The van der Waals surface area contributed by atoms with E-state index in [1.165, 1.54) is 0 Å². The first-order valence-electron chi connectivity index (χ1n) is 6.70. The molecular formula is C17H17ClO2. The Morgan fingerprint density at radius 3 is 2.25 bits per heavy atom. The minimum Gasteiger partial charge on any atom is -0.453 e. The smallest absolute Gasteiger partial charge is 0.306 e. The predicted molar refractivity (Wildman–Crippen MR) is 80.7 cm³/mol. The van der Waals surface area contributed by atoms with Gasteiger partial charge in [-0.1, -0.05) is 61.0 Å². The van der Waals surface area contributed by atoms with Gasteiger partial charge in [0, 0.05) is 11.4 Å². The first-order chi connectivity index (χ1) is 9.70. The second-order valence-electron chi connectivity index (χ2n) is 4.58. The topological polar surface area (TPSA) is 26.3 Å². The van der Waals surface area contributed by atoms with Gasteiger partial charge < -0.3 is 4.74 Å². The molecule has 0 bridgehead atoms. The maximum atomic E-state index is 11.8. The van der Waals surface area contributed by atoms with Crippen LogP contribution in [0, 0.1) is 0 Å². The molecule has 0 saturated carbocycles. The van der Waals surface area contributed by atoms with Crippen LogP contribution < -0.4 is 0 Å². The van der Waals surface area contributed by atoms with Gasteiger partial charge in [0.1, 0.15) is 0 Å². The molecule has 0 aliphatic rings. The Morgan fingerprint density at radius 2 is 1.65 bits per heavy atom. The number of carbonyl (C=O) groups excluding carboxylic acids is 1. The fourth-order valence-electron chi connectivity index (χ4n) is 1.99. The molecule has 20 heavy (non-hydrogen) atoms. The van der Waals surface area contributed by atoms with Crippen molar-refractivity contribution in [2.75, 3.05) is 0 Å². The average molecular weight is 289 g/mol. The lowest BCUT2D eigenvalue weighted by molar-refractivity contribution is -0.147. The predicted octanol–water partition coefficient (Wildman–Crippen LogP) is 4.77. The van der Waals surface area contributed by atoms with Crippen molar-refractivity contribution in [2.45, 2.75) is 25.9 Å². The molecule has 2 nitrogen and oxygen atoms in total. The van der Waals surface area contributed by atoms with Crippen LogP contribution in [0.1, 0.15) is 37.0 Å². The van der Waals surface area contributed by atoms with Crippen molar-refractivity contribution in [3.05, 3.63) is 70.7 Å². The summed E-state index contributed by atoms with van der Waals surface area (Å²) in [5.41, 5.74) is 1.88. The van der Waals surface area contributed by atoms with E-state index in [1.807, 2.05) is 49.4 Å². The van der Waals surface area contributed by atoms with Gasteiger partial charge in [-0.2, -0.15) is 0 Å². The number of hydrogen-bond donors (Lipinski definition) is 0. The van der Waals surface area contributed by atoms with Gasteiger partial charge >= 0.3 is 5.97 Å². The maximum absolute atomic E-state index is 11.8. The summed E-state index contributed by atoms with van der Waals surface area (Å²) in [6.45, 7) is 1.96. The Morgan fingerprint density at radius 1 is 1.05 bits per heavy atom. The molecule has 0 aromatic heterocycles. The first kappa shape index (κ1) is 14.6. The van der Waals surface area contributed by atoms with Crippen LogP contribution in [-0.2, 0) is 9.53 Å². The lowest BCUT2D eigenvalue weighted by atomic mass is 10.0. The minimum absolute atomic E-state index is 0.184. The Balaban J connectivity index is 2.29. The monoisotopic (exact) mass is 288 g/mol. The molecule has 3 heteroatoms. The highest BCUT2D eigenvalue weighted by Crippen LogP contribution is 2.27. The van der Waals surface area contributed by atoms with Gasteiger partial charge in [-0.3, -0.25) is 4.79 Å². The molecule has 0 radical (unpaired) electrons. The Kier molecular flexibility index (Phi) is 5.19. The molecule has 0 N–H and O–H groups in total. The summed E-state index contributed by atoms with van der Waals surface area (Å²) in [5.74, 6) is -0.184. The number of hydrogen-bond acceptors (Lipinski definition) is 2. The molecule has 2 rings (SSSR count). The molecule has 104 valence electrons. The van der Waals surface area contributed by atoms with E-state index in [1.54, 1.807) is 12.1 Å². The van der Waals surface area contributed by atoms with Crippen LogP contribution in [0.15, 0.2) is 54.6 Å². The fraction of sp³-hybridized carbons (Fsp3) is 0.235. The maximum Gasteiger partial charge on any atom is 0.306 e. The number of benzene rings is 2. The number of ether oxygens (including phenoxy) is 1. The van der Waals surface area contributed by atoms with E-state index >= 15 is 0 Å². The highest BCUT2D eigenvalue weighted by atomic mass is 35.5. The summed E-state index contributed by atoms with van der Waals surface area (Å²) in [6, 6.07) is 17.1. The lowest BCUT2D eigenvalue weighted by Gasteiger charge is -2.19. The van der Waals surface area contributed by atoms with E-state index in [0.29, 0.717) is 11.4 Å². The van der Waals surface area contributed by atoms with E-state index in [-0.39, 0.29) is 12.1 Å². The molecule has 0 aliphatic heterocycles. The standard InChI is InChI=1S/C17H17ClO2/c1-2-6-16(19)20-17(13-7-4-3-5-8-13)14-9-11-15(18)12-10-14/h3-5,7-12,17H,2,6H2,1H3/t17-/m1/s1. The van der Waals surface area contributed by atoms with Crippen LogP contribution >= 0.6 is 11.6 Å². The third kappa shape index (κ3) is 3.84. The molecule has 0 heterocycles. The number of halogens is 1. The van der Waals surface area contributed by atoms with E-state index in [9.17, 15) is 4.79 Å².